The molecule has 1 saturated heterocycles. The molecule has 0 unspecified atom stereocenters. The smallest absolute Gasteiger partial charge is 0.222 e. The van der Waals surface area contributed by atoms with Crippen LogP contribution >= 0.6 is 0 Å². The number of amides is 1. The average Bonchev–Trinajstić information content (AvgIpc) is 2.92. The molecule has 122 valence electrons. The van der Waals surface area contributed by atoms with Gasteiger partial charge in [-0.3, -0.25) is 4.79 Å². The van der Waals surface area contributed by atoms with Crippen LogP contribution in [0.1, 0.15) is 32.0 Å². The second kappa shape index (κ2) is 6.81. The lowest BCUT2D eigenvalue weighted by Gasteiger charge is -2.39. The average molecular weight is 314 g/mol. The van der Waals surface area contributed by atoms with Gasteiger partial charge in [0, 0.05) is 19.5 Å². The predicted molar refractivity (Wildman–Crippen MR) is 85.9 cm³/mol. The first-order valence-electron chi connectivity index (χ1n) is 7.98. The first-order chi connectivity index (χ1) is 11.1. The van der Waals surface area contributed by atoms with Crippen molar-refractivity contribution in [3.63, 3.8) is 0 Å². The molecular weight excluding hydrogens is 292 g/mol. The molecule has 1 aromatic carbocycles. The molecule has 0 bridgehead atoms. The number of benzene rings is 1. The Morgan fingerprint density at radius 1 is 1.30 bits per heavy atom. The molecule has 0 saturated carbocycles. The normalized spacial score (nSPS) is 14.8. The number of hydrogen-bond donors (Lipinski definition) is 0. The van der Waals surface area contributed by atoms with Crippen LogP contribution in [0.25, 0.3) is 0 Å². The van der Waals surface area contributed by atoms with E-state index in [0.29, 0.717) is 32.0 Å². The lowest BCUT2D eigenvalue weighted by molar-refractivity contribution is -0.138. The Kier molecular flexibility index (Phi) is 4.60. The molecule has 0 atom stereocenters. The van der Waals surface area contributed by atoms with Crippen molar-refractivity contribution in [2.45, 2.75) is 32.9 Å². The summed E-state index contributed by atoms with van der Waals surface area (Å²) >= 11 is 0. The second-order valence-corrected chi connectivity index (χ2v) is 6.34. The largest absolute Gasteiger partial charge is 0.487 e. The standard InChI is InChI=1S/C17H22N4O2/c1-13(2)8-17(22)20-10-15(11-20)21-9-14(18-19-21)12-23-16-6-4-3-5-7-16/h3-7,9,13,15H,8,10-12H2,1-2H3. The molecule has 0 aliphatic carbocycles. The summed E-state index contributed by atoms with van der Waals surface area (Å²) < 4.78 is 7.50. The molecule has 2 aromatic rings. The Balaban J connectivity index is 1.48. The van der Waals surface area contributed by atoms with Gasteiger partial charge < -0.3 is 9.64 Å². The van der Waals surface area contributed by atoms with Gasteiger partial charge in [0.25, 0.3) is 0 Å². The van der Waals surface area contributed by atoms with Crippen molar-refractivity contribution < 1.29 is 9.53 Å². The predicted octanol–water partition coefficient (Wildman–Crippen LogP) is 2.29. The molecule has 1 aliphatic heterocycles. The zero-order valence-electron chi connectivity index (χ0n) is 13.6. The van der Waals surface area contributed by atoms with Gasteiger partial charge in [0.1, 0.15) is 18.1 Å². The molecular formula is C17H22N4O2. The number of carbonyl (C=O) groups excluding carboxylic acids is 1. The first-order valence-corrected chi connectivity index (χ1v) is 7.98. The third-order valence-corrected chi connectivity index (χ3v) is 3.86. The molecule has 2 heterocycles. The molecule has 6 nitrogen and oxygen atoms in total. The quantitative estimate of drug-likeness (QED) is 0.821. The summed E-state index contributed by atoms with van der Waals surface area (Å²) in [4.78, 5) is 13.8. The van der Waals surface area contributed by atoms with Crippen LogP contribution in [0.2, 0.25) is 0 Å². The summed E-state index contributed by atoms with van der Waals surface area (Å²) in [6.07, 6.45) is 2.51. The van der Waals surface area contributed by atoms with E-state index in [1.807, 2.05) is 46.1 Å². The van der Waals surface area contributed by atoms with E-state index in [9.17, 15) is 4.79 Å². The minimum atomic E-state index is 0.226. The van der Waals surface area contributed by atoms with E-state index >= 15 is 0 Å². The van der Waals surface area contributed by atoms with Gasteiger partial charge in [-0.05, 0) is 18.1 Å². The third kappa shape index (κ3) is 3.88. The minimum Gasteiger partial charge on any atom is -0.487 e. The lowest BCUT2D eigenvalue weighted by Crippen LogP contribution is -2.51. The van der Waals surface area contributed by atoms with Crippen molar-refractivity contribution in [1.29, 1.82) is 0 Å². The van der Waals surface area contributed by atoms with Gasteiger partial charge in [-0.2, -0.15) is 0 Å². The summed E-state index contributed by atoms with van der Waals surface area (Å²) in [6, 6.07) is 9.87. The minimum absolute atomic E-state index is 0.226. The van der Waals surface area contributed by atoms with Crippen LogP contribution in [0.15, 0.2) is 36.5 Å². The third-order valence-electron chi connectivity index (χ3n) is 3.86. The second-order valence-electron chi connectivity index (χ2n) is 6.34. The van der Waals surface area contributed by atoms with Crippen molar-refractivity contribution in [2.24, 2.45) is 5.92 Å². The number of carbonyl (C=O) groups is 1. The SMILES string of the molecule is CC(C)CC(=O)N1CC(n2cc(COc3ccccc3)nn2)C1. The molecule has 23 heavy (non-hydrogen) atoms. The highest BCUT2D eigenvalue weighted by Crippen LogP contribution is 2.22. The zero-order chi connectivity index (χ0) is 16.2. The van der Waals surface area contributed by atoms with Gasteiger partial charge in [-0.1, -0.05) is 37.3 Å². The maximum atomic E-state index is 11.9. The zero-order valence-corrected chi connectivity index (χ0v) is 13.6. The van der Waals surface area contributed by atoms with E-state index in [-0.39, 0.29) is 11.9 Å². The number of nitrogens with zero attached hydrogens (tertiary/aromatic N) is 4. The number of ether oxygens (including phenoxy) is 1. The lowest BCUT2D eigenvalue weighted by atomic mass is 10.1. The molecule has 1 fully saturated rings. The number of likely N-dealkylation sites (tertiary alicyclic amines) is 1. The van der Waals surface area contributed by atoms with E-state index in [2.05, 4.69) is 24.2 Å². The number of aromatic nitrogens is 3. The maximum Gasteiger partial charge on any atom is 0.222 e. The fourth-order valence-corrected chi connectivity index (χ4v) is 2.54. The van der Waals surface area contributed by atoms with Crippen LogP contribution in [-0.4, -0.2) is 38.9 Å². The van der Waals surface area contributed by atoms with Crippen LogP contribution < -0.4 is 4.74 Å². The van der Waals surface area contributed by atoms with E-state index in [4.69, 9.17) is 4.74 Å². The number of rotatable bonds is 6. The number of para-hydroxylation sites is 1. The first kappa shape index (κ1) is 15.5. The Hall–Kier alpha value is -2.37. The molecule has 0 radical (unpaired) electrons. The van der Waals surface area contributed by atoms with Crippen molar-refractivity contribution in [3.05, 3.63) is 42.2 Å². The topological polar surface area (TPSA) is 60.2 Å². The molecule has 1 aliphatic rings. The monoisotopic (exact) mass is 314 g/mol. The number of hydrogen-bond acceptors (Lipinski definition) is 4. The molecule has 1 aromatic heterocycles. The Labute approximate surface area is 136 Å². The van der Waals surface area contributed by atoms with Crippen LogP contribution in [-0.2, 0) is 11.4 Å². The summed E-state index contributed by atoms with van der Waals surface area (Å²) in [7, 11) is 0. The van der Waals surface area contributed by atoms with Crippen LogP contribution in [0, 0.1) is 5.92 Å². The van der Waals surface area contributed by atoms with Crippen LogP contribution in [0.4, 0.5) is 0 Å². The van der Waals surface area contributed by atoms with Crippen molar-refractivity contribution in [3.8, 4) is 5.75 Å². The summed E-state index contributed by atoms with van der Waals surface area (Å²) in [6.45, 7) is 5.95. The maximum absolute atomic E-state index is 11.9. The highest BCUT2D eigenvalue weighted by Gasteiger charge is 2.32. The van der Waals surface area contributed by atoms with Gasteiger partial charge in [0.15, 0.2) is 0 Å². The molecule has 1 amide bonds. The summed E-state index contributed by atoms with van der Waals surface area (Å²) in [5.41, 5.74) is 0.792. The van der Waals surface area contributed by atoms with E-state index in [1.165, 1.54) is 0 Å². The van der Waals surface area contributed by atoms with Crippen molar-refractivity contribution in [1.82, 2.24) is 19.9 Å². The van der Waals surface area contributed by atoms with Gasteiger partial charge in [0.2, 0.25) is 5.91 Å². The van der Waals surface area contributed by atoms with Crippen LogP contribution in [0.5, 0.6) is 5.75 Å². The Morgan fingerprint density at radius 2 is 2.04 bits per heavy atom. The molecule has 6 heteroatoms. The van der Waals surface area contributed by atoms with E-state index in [0.717, 1.165) is 11.4 Å². The molecule has 3 rings (SSSR count). The van der Waals surface area contributed by atoms with Gasteiger partial charge in [-0.25, -0.2) is 4.68 Å². The Bertz CT molecular complexity index is 648. The van der Waals surface area contributed by atoms with E-state index in [1.54, 1.807) is 0 Å². The van der Waals surface area contributed by atoms with Gasteiger partial charge >= 0.3 is 0 Å². The fourth-order valence-electron chi connectivity index (χ4n) is 2.54. The summed E-state index contributed by atoms with van der Waals surface area (Å²) in [5, 5.41) is 8.29. The Morgan fingerprint density at radius 3 is 2.74 bits per heavy atom. The molecule has 0 N–H and O–H groups in total. The summed E-state index contributed by atoms with van der Waals surface area (Å²) in [5.74, 6) is 1.44. The highest BCUT2D eigenvalue weighted by atomic mass is 16.5. The van der Waals surface area contributed by atoms with E-state index < -0.39 is 0 Å². The van der Waals surface area contributed by atoms with Crippen molar-refractivity contribution >= 4 is 5.91 Å². The van der Waals surface area contributed by atoms with Crippen molar-refractivity contribution in [2.75, 3.05) is 13.1 Å². The van der Waals surface area contributed by atoms with Gasteiger partial charge in [0.05, 0.1) is 12.2 Å². The highest BCUT2D eigenvalue weighted by molar-refractivity contribution is 5.77. The van der Waals surface area contributed by atoms with Crippen LogP contribution in [0.3, 0.4) is 0 Å². The van der Waals surface area contributed by atoms with Gasteiger partial charge in [-0.15, -0.1) is 5.10 Å². The fraction of sp³-hybridized carbons (Fsp3) is 0.471. The molecule has 0 spiro atoms.